The van der Waals surface area contributed by atoms with Gasteiger partial charge in [-0.2, -0.15) is 0 Å². The average molecular weight is 234 g/mol. The van der Waals surface area contributed by atoms with Crippen LogP contribution in [0.25, 0.3) is 11.5 Å². The van der Waals surface area contributed by atoms with Gasteiger partial charge in [0.2, 0.25) is 0 Å². The summed E-state index contributed by atoms with van der Waals surface area (Å²) in [7, 11) is 1.62. The lowest BCUT2D eigenvalue weighted by atomic mass is 10.2. The Hall–Kier alpha value is -2.04. The highest BCUT2D eigenvalue weighted by Gasteiger charge is 2.10. The zero-order chi connectivity index (χ0) is 12.3. The number of benzene rings is 1. The van der Waals surface area contributed by atoms with E-state index in [9.17, 15) is 0 Å². The van der Waals surface area contributed by atoms with Gasteiger partial charge in [-0.3, -0.25) is 0 Å². The van der Waals surface area contributed by atoms with Crippen LogP contribution in [0.15, 0.2) is 28.7 Å². The van der Waals surface area contributed by atoms with Gasteiger partial charge in [0.1, 0.15) is 5.75 Å². The Bertz CT molecular complexity index is 477. The largest absolute Gasteiger partial charge is 0.497 e. The second kappa shape index (κ2) is 4.86. The quantitative estimate of drug-likeness (QED) is 0.813. The number of rotatable bonds is 4. The summed E-state index contributed by atoms with van der Waals surface area (Å²) in [5.74, 6) is 1.22. The highest BCUT2D eigenvalue weighted by atomic mass is 16.6. The first kappa shape index (κ1) is 11.4. The Morgan fingerprint density at radius 1 is 1.12 bits per heavy atom. The molecule has 90 valence electrons. The van der Waals surface area contributed by atoms with Crippen molar-refractivity contribution in [3.63, 3.8) is 0 Å². The standard InChI is InChI=1S/C12H14N2O3/c1-8(2)16-12-14-13-11(17-12)9-4-6-10(15-3)7-5-9/h4-8H,1-3H3. The Balaban J connectivity index is 2.18. The average Bonchev–Trinajstić information content (AvgIpc) is 2.77. The van der Waals surface area contributed by atoms with Gasteiger partial charge in [-0.15, -0.1) is 5.10 Å². The van der Waals surface area contributed by atoms with Gasteiger partial charge in [0.15, 0.2) is 0 Å². The topological polar surface area (TPSA) is 57.4 Å². The molecule has 0 aliphatic rings. The van der Waals surface area contributed by atoms with Crippen molar-refractivity contribution in [2.45, 2.75) is 20.0 Å². The smallest absolute Gasteiger partial charge is 0.415 e. The summed E-state index contributed by atoms with van der Waals surface area (Å²) < 4.78 is 15.7. The molecule has 0 unspecified atom stereocenters. The van der Waals surface area contributed by atoms with Crippen LogP contribution in [0, 0.1) is 0 Å². The molecule has 2 rings (SSSR count). The molecule has 1 aromatic carbocycles. The van der Waals surface area contributed by atoms with Crippen LogP contribution in [-0.2, 0) is 0 Å². The molecule has 0 spiro atoms. The highest BCUT2D eigenvalue weighted by molar-refractivity contribution is 5.54. The molecule has 0 bridgehead atoms. The van der Waals surface area contributed by atoms with Gasteiger partial charge >= 0.3 is 6.08 Å². The minimum Gasteiger partial charge on any atom is -0.497 e. The van der Waals surface area contributed by atoms with Crippen LogP contribution in [-0.4, -0.2) is 23.4 Å². The molecule has 0 saturated carbocycles. The molecular weight excluding hydrogens is 220 g/mol. The minimum absolute atomic E-state index is 0.0131. The summed E-state index contributed by atoms with van der Waals surface area (Å²) in [6.45, 7) is 3.80. The van der Waals surface area contributed by atoms with Gasteiger partial charge in [-0.1, -0.05) is 5.10 Å². The van der Waals surface area contributed by atoms with Crippen molar-refractivity contribution in [2.24, 2.45) is 0 Å². The van der Waals surface area contributed by atoms with E-state index in [1.807, 2.05) is 38.1 Å². The van der Waals surface area contributed by atoms with Gasteiger partial charge < -0.3 is 13.9 Å². The lowest BCUT2D eigenvalue weighted by molar-refractivity contribution is 0.177. The van der Waals surface area contributed by atoms with Crippen molar-refractivity contribution < 1.29 is 13.9 Å². The normalized spacial score (nSPS) is 10.6. The minimum atomic E-state index is 0.0131. The third kappa shape index (κ3) is 2.75. The molecule has 0 amide bonds. The maximum Gasteiger partial charge on any atom is 0.415 e. The predicted molar refractivity (Wildman–Crippen MR) is 62.1 cm³/mol. The number of methoxy groups -OCH3 is 1. The maximum atomic E-state index is 5.37. The van der Waals surface area contributed by atoms with Crippen LogP contribution in [0.3, 0.4) is 0 Å². The molecule has 0 fully saturated rings. The summed E-state index contributed by atoms with van der Waals surface area (Å²) in [6, 6.07) is 7.38. The molecule has 17 heavy (non-hydrogen) atoms. The first-order valence-electron chi connectivity index (χ1n) is 5.33. The predicted octanol–water partition coefficient (Wildman–Crippen LogP) is 2.53. The van der Waals surface area contributed by atoms with Crippen molar-refractivity contribution in [2.75, 3.05) is 7.11 Å². The van der Waals surface area contributed by atoms with Crippen molar-refractivity contribution in [1.29, 1.82) is 0 Å². The van der Waals surface area contributed by atoms with Crippen LogP contribution in [0.1, 0.15) is 13.8 Å². The zero-order valence-corrected chi connectivity index (χ0v) is 10.0. The highest BCUT2D eigenvalue weighted by Crippen LogP contribution is 2.23. The van der Waals surface area contributed by atoms with E-state index in [1.165, 1.54) is 0 Å². The van der Waals surface area contributed by atoms with Crippen LogP contribution >= 0.6 is 0 Å². The van der Waals surface area contributed by atoms with E-state index in [2.05, 4.69) is 10.2 Å². The number of ether oxygens (including phenoxy) is 2. The second-order valence-electron chi connectivity index (χ2n) is 3.77. The monoisotopic (exact) mass is 234 g/mol. The molecule has 0 aliphatic heterocycles. The molecule has 0 radical (unpaired) electrons. The maximum absolute atomic E-state index is 5.37. The molecule has 5 nitrogen and oxygen atoms in total. The molecular formula is C12H14N2O3. The first-order chi connectivity index (χ1) is 8.19. The van der Waals surface area contributed by atoms with Gasteiger partial charge in [-0.25, -0.2) is 0 Å². The van der Waals surface area contributed by atoms with Crippen molar-refractivity contribution in [3.05, 3.63) is 24.3 Å². The van der Waals surface area contributed by atoms with Crippen LogP contribution < -0.4 is 9.47 Å². The third-order valence-electron chi connectivity index (χ3n) is 2.08. The van der Waals surface area contributed by atoms with E-state index in [4.69, 9.17) is 13.9 Å². The fourth-order valence-electron chi connectivity index (χ4n) is 1.31. The van der Waals surface area contributed by atoms with Gasteiger partial charge in [-0.05, 0) is 38.1 Å². The summed E-state index contributed by atoms with van der Waals surface area (Å²) in [6.07, 6.45) is 0.199. The van der Waals surface area contributed by atoms with Crippen LogP contribution in [0.4, 0.5) is 0 Å². The number of nitrogens with zero attached hydrogens (tertiary/aromatic N) is 2. The number of hydrogen-bond donors (Lipinski definition) is 0. The molecule has 0 N–H and O–H groups in total. The van der Waals surface area contributed by atoms with E-state index in [0.717, 1.165) is 11.3 Å². The molecule has 5 heteroatoms. The summed E-state index contributed by atoms with van der Waals surface area (Å²) in [5, 5.41) is 7.72. The van der Waals surface area contributed by atoms with E-state index in [-0.39, 0.29) is 12.2 Å². The SMILES string of the molecule is COc1ccc(-c2nnc(OC(C)C)o2)cc1. The summed E-state index contributed by atoms with van der Waals surface area (Å²) in [4.78, 5) is 0. The first-order valence-corrected chi connectivity index (χ1v) is 5.33. The fourth-order valence-corrected chi connectivity index (χ4v) is 1.31. The molecule has 1 heterocycles. The molecule has 2 aromatic rings. The van der Waals surface area contributed by atoms with Gasteiger partial charge in [0.25, 0.3) is 5.89 Å². The Morgan fingerprint density at radius 2 is 1.82 bits per heavy atom. The summed E-state index contributed by atoms with van der Waals surface area (Å²) in [5.41, 5.74) is 0.830. The Labute approximate surface area is 99.4 Å². The van der Waals surface area contributed by atoms with Gasteiger partial charge in [0.05, 0.1) is 13.2 Å². The third-order valence-corrected chi connectivity index (χ3v) is 2.08. The lowest BCUT2D eigenvalue weighted by Gasteiger charge is -2.02. The van der Waals surface area contributed by atoms with Crippen molar-refractivity contribution in [1.82, 2.24) is 10.2 Å². The number of aromatic nitrogens is 2. The molecule has 0 saturated heterocycles. The molecule has 0 atom stereocenters. The van der Waals surface area contributed by atoms with E-state index in [1.54, 1.807) is 7.11 Å². The van der Waals surface area contributed by atoms with Crippen LogP contribution in [0.5, 0.6) is 11.8 Å². The van der Waals surface area contributed by atoms with E-state index in [0.29, 0.717) is 5.89 Å². The molecule has 0 aliphatic carbocycles. The summed E-state index contributed by atoms with van der Waals surface area (Å²) >= 11 is 0. The van der Waals surface area contributed by atoms with Gasteiger partial charge in [0, 0.05) is 5.56 Å². The number of hydrogen-bond acceptors (Lipinski definition) is 5. The second-order valence-corrected chi connectivity index (χ2v) is 3.77. The fraction of sp³-hybridized carbons (Fsp3) is 0.333. The van der Waals surface area contributed by atoms with Crippen molar-refractivity contribution >= 4 is 0 Å². The van der Waals surface area contributed by atoms with Crippen molar-refractivity contribution in [3.8, 4) is 23.3 Å². The Kier molecular flexibility index (Phi) is 3.27. The molecule has 1 aromatic heterocycles. The Morgan fingerprint density at radius 3 is 2.41 bits per heavy atom. The lowest BCUT2D eigenvalue weighted by Crippen LogP contribution is -2.05. The van der Waals surface area contributed by atoms with E-state index >= 15 is 0 Å². The van der Waals surface area contributed by atoms with Crippen LogP contribution in [0.2, 0.25) is 0 Å². The van der Waals surface area contributed by atoms with E-state index < -0.39 is 0 Å². The zero-order valence-electron chi connectivity index (χ0n) is 10.0.